The molecule has 2 unspecified atom stereocenters. The maximum atomic E-state index is 12.7. The standard InChI is InChI=1S/C15H23N3OS/c1-12(14-5-3-11-20-14)18-8-2-4-13(18)15(19)17-9-6-16-7-10-17/h3,5,11-13,16H,2,4,6-10H2,1H3. The number of amides is 1. The monoisotopic (exact) mass is 293 g/mol. The maximum absolute atomic E-state index is 12.7. The lowest BCUT2D eigenvalue weighted by Gasteiger charge is -2.35. The summed E-state index contributed by atoms with van der Waals surface area (Å²) in [4.78, 5) is 18.6. The van der Waals surface area contributed by atoms with Crippen LogP contribution in [0.4, 0.5) is 0 Å². The number of hydrogen-bond acceptors (Lipinski definition) is 4. The summed E-state index contributed by atoms with van der Waals surface area (Å²) in [7, 11) is 0. The first-order chi connectivity index (χ1) is 9.77. The Morgan fingerprint density at radius 2 is 2.20 bits per heavy atom. The second-order valence-electron chi connectivity index (χ2n) is 5.66. The fraction of sp³-hybridized carbons (Fsp3) is 0.667. The highest BCUT2D eigenvalue weighted by molar-refractivity contribution is 7.10. The van der Waals surface area contributed by atoms with E-state index in [4.69, 9.17) is 0 Å². The first kappa shape index (κ1) is 14.0. The van der Waals surface area contributed by atoms with E-state index in [9.17, 15) is 4.79 Å². The first-order valence-electron chi connectivity index (χ1n) is 7.56. The summed E-state index contributed by atoms with van der Waals surface area (Å²) in [6.45, 7) is 6.85. The zero-order chi connectivity index (χ0) is 13.9. The lowest BCUT2D eigenvalue weighted by molar-refractivity contribution is -0.137. The van der Waals surface area contributed by atoms with Crippen LogP contribution in [0.1, 0.15) is 30.7 Å². The van der Waals surface area contributed by atoms with Crippen LogP contribution < -0.4 is 5.32 Å². The van der Waals surface area contributed by atoms with Crippen molar-refractivity contribution in [1.29, 1.82) is 0 Å². The normalized spacial score (nSPS) is 25.9. The van der Waals surface area contributed by atoms with Crippen molar-refractivity contribution in [2.45, 2.75) is 31.8 Å². The molecule has 0 bridgehead atoms. The van der Waals surface area contributed by atoms with E-state index < -0.39 is 0 Å². The van der Waals surface area contributed by atoms with Crippen molar-refractivity contribution in [3.05, 3.63) is 22.4 Å². The van der Waals surface area contributed by atoms with Gasteiger partial charge in [0.15, 0.2) is 0 Å². The van der Waals surface area contributed by atoms with Gasteiger partial charge in [-0.3, -0.25) is 9.69 Å². The Morgan fingerprint density at radius 1 is 1.40 bits per heavy atom. The molecular weight excluding hydrogens is 270 g/mol. The zero-order valence-corrected chi connectivity index (χ0v) is 12.9. The van der Waals surface area contributed by atoms with Crippen molar-refractivity contribution < 1.29 is 4.79 Å². The minimum absolute atomic E-state index is 0.0881. The molecule has 1 amide bonds. The highest BCUT2D eigenvalue weighted by atomic mass is 32.1. The van der Waals surface area contributed by atoms with E-state index in [-0.39, 0.29) is 6.04 Å². The number of nitrogens with zero attached hydrogens (tertiary/aromatic N) is 2. The molecule has 4 nitrogen and oxygen atoms in total. The van der Waals surface area contributed by atoms with E-state index in [0.717, 1.165) is 45.6 Å². The van der Waals surface area contributed by atoms with Gasteiger partial charge in [0.2, 0.25) is 5.91 Å². The average molecular weight is 293 g/mol. The van der Waals surface area contributed by atoms with Gasteiger partial charge in [-0.05, 0) is 37.8 Å². The SMILES string of the molecule is CC(c1cccs1)N1CCCC1C(=O)N1CCNCC1. The summed E-state index contributed by atoms with van der Waals surface area (Å²) in [6.07, 6.45) is 2.15. The van der Waals surface area contributed by atoms with E-state index in [0.29, 0.717) is 11.9 Å². The number of piperazine rings is 1. The molecule has 0 spiro atoms. The van der Waals surface area contributed by atoms with Crippen LogP contribution in [0.5, 0.6) is 0 Å². The van der Waals surface area contributed by atoms with Gasteiger partial charge < -0.3 is 10.2 Å². The van der Waals surface area contributed by atoms with Crippen molar-refractivity contribution in [3.63, 3.8) is 0 Å². The zero-order valence-electron chi connectivity index (χ0n) is 12.0. The molecule has 5 heteroatoms. The number of carbonyl (C=O) groups is 1. The second-order valence-corrected chi connectivity index (χ2v) is 6.64. The van der Waals surface area contributed by atoms with Crippen LogP contribution in [-0.2, 0) is 4.79 Å². The molecule has 1 aromatic heterocycles. The maximum Gasteiger partial charge on any atom is 0.240 e. The number of nitrogens with one attached hydrogen (secondary N) is 1. The predicted molar refractivity (Wildman–Crippen MR) is 81.9 cm³/mol. The molecule has 1 N–H and O–H groups in total. The molecule has 0 saturated carbocycles. The Bertz CT molecular complexity index is 442. The third-order valence-corrected chi connectivity index (χ3v) is 5.50. The Hall–Kier alpha value is -0.910. The van der Waals surface area contributed by atoms with Crippen molar-refractivity contribution in [3.8, 4) is 0 Å². The van der Waals surface area contributed by atoms with Gasteiger partial charge in [0, 0.05) is 37.1 Å². The molecule has 0 aromatic carbocycles. The number of rotatable bonds is 3. The number of hydrogen-bond donors (Lipinski definition) is 1. The van der Waals surface area contributed by atoms with Gasteiger partial charge in [-0.25, -0.2) is 0 Å². The number of carbonyl (C=O) groups excluding carboxylic acids is 1. The molecule has 2 fully saturated rings. The Balaban J connectivity index is 1.70. The minimum Gasteiger partial charge on any atom is -0.339 e. The molecule has 0 radical (unpaired) electrons. The van der Waals surface area contributed by atoms with Crippen LogP contribution in [0.2, 0.25) is 0 Å². The van der Waals surface area contributed by atoms with Crippen LogP contribution in [-0.4, -0.2) is 54.5 Å². The van der Waals surface area contributed by atoms with Crippen molar-refractivity contribution in [2.24, 2.45) is 0 Å². The third kappa shape index (κ3) is 2.75. The molecular formula is C15H23N3OS. The molecule has 20 heavy (non-hydrogen) atoms. The van der Waals surface area contributed by atoms with Crippen LogP contribution in [0.3, 0.4) is 0 Å². The lowest BCUT2D eigenvalue weighted by atomic mass is 10.1. The average Bonchev–Trinajstić information content (AvgIpc) is 3.18. The lowest BCUT2D eigenvalue weighted by Crippen LogP contribution is -2.52. The van der Waals surface area contributed by atoms with Crippen LogP contribution >= 0.6 is 11.3 Å². The van der Waals surface area contributed by atoms with Gasteiger partial charge in [0.1, 0.15) is 0 Å². The van der Waals surface area contributed by atoms with E-state index in [1.807, 2.05) is 4.90 Å². The van der Waals surface area contributed by atoms with Crippen LogP contribution in [0.25, 0.3) is 0 Å². The number of likely N-dealkylation sites (tertiary alicyclic amines) is 1. The van der Waals surface area contributed by atoms with E-state index in [2.05, 4.69) is 34.7 Å². The fourth-order valence-electron chi connectivity index (χ4n) is 3.31. The molecule has 2 atom stereocenters. The molecule has 110 valence electrons. The predicted octanol–water partition coefficient (Wildman–Crippen LogP) is 1.71. The van der Waals surface area contributed by atoms with Crippen LogP contribution in [0, 0.1) is 0 Å². The van der Waals surface area contributed by atoms with Gasteiger partial charge >= 0.3 is 0 Å². The second kappa shape index (κ2) is 6.24. The van der Waals surface area contributed by atoms with Gasteiger partial charge in [0.25, 0.3) is 0 Å². The Kier molecular flexibility index (Phi) is 4.38. The Morgan fingerprint density at radius 3 is 2.90 bits per heavy atom. The summed E-state index contributed by atoms with van der Waals surface area (Å²) in [5.74, 6) is 0.340. The van der Waals surface area contributed by atoms with E-state index in [1.165, 1.54) is 4.88 Å². The summed E-state index contributed by atoms with van der Waals surface area (Å²) < 4.78 is 0. The quantitative estimate of drug-likeness (QED) is 0.921. The summed E-state index contributed by atoms with van der Waals surface area (Å²) in [6, 6.07) is 4.72. The summed E-state index contributed by atoms with van der Waals surface area (Å²) in [5.41, 5.74) is 0. The summed E-state index contributed by atoms with van der Waals surface area (Å²) >= 11 is 1.79. The summed E-state index contributed by atoms with van der Waals surface area (Å²) in [5, 5.41) is 5.43. The van der Waals surface area contributed by atoms with Crippen LogP contribution in [0.15, 0.2) is 17.5 Å². The van der Waals surface area contributed by atoms with Gasteiger partial charge in [-0.1, -0.05) is 6.07 Å². The van der Waals surface area contributed by atoms with E-state index in [1.54, 1.807) is 11.3 Å². The van der Waals surface area contributed by atoms with Crippen molar-refractivity contribution >= 4 is 17.2 Å². The van der Waals surface area contributed by atoms with Crippen molar-refractivity contribution in [2.75, 3.05) is 32.7 Å². The first-order valence-corrected chi connectivity index (χ1v) is 8.44. The molecule has 1 aromatic rings. The van der Waals surface area contributed by atoms with Gasteiger partial charge in [0.05, 0.1) is 6.04 Å². The molecule has 0 aliphatic carbocycles. The fourth-order valence-corrected chi connectivity index (χ4v) is 4.11. The molecule has 3 heterocycles. The smallest absolute Gasteiger partial charge is 0.240 e. The van der Waals surface area contributed by atoms with E-state index >= 15 is 0 Å². The highest BCUT2D eigenvalue weighted by Crippen LogP contribution is 2.32. The van der Waals surface area contributed by atoms with Crippen molar-refractivity contribution in [1.82, 2.24) is 15.1 Å². The largest absolute Gasteiger partial charge is 0.339 e. The minimum atomic E-state index is 0.0881. The highest BCUT2D eigenvalue weighted by Gasteiger charge is 2.36. The van der Waals surface area contributed by atoms with Gasteiger partial charge in [-0.2, -0.15) is 0 Å². The molecule has 2 aliphatic rings. The number of thiophene rings is 1. The topological polar surface area (TPSA) is 35.6 Å². The Labute approximate surface area is 124 Å². The molecule has 3 rings (SSSR count). The molecule has 2 saturated heterocycles. The van der Waals surface area contributed by atoms with Gasteiger partial charge in [-0.15, -0.1) is 11.3 Å². The third-order valence-electron chi connectivity index (χ3n) is 4.46. The molecule has 2 aliphatic heterocycles.